The molecular formula is C15H19N3O. The van der Waals surface area contributed by atoms with Crippen LogP contribution in [0.2, 0.25) is 0 Å². The molecule has 2 aromatic rings. The summed E-state index contributed by atoms with van der Waals surface area (Å²) >= 11 is 0. The summed E-state index contributed by atoms with van der Waals surface area (Å²) in [6.45, 7) is 4.59. The third-order valence-electron chi connectivity index (χ3n) is 3.21. The predicted octanol–water partition coefficient (Wildman–Crippen LogP) is 2.23. The molecule has 0 spiro atoms. The number of aromatic amines is 1. The van der Waals surface area contributed by atoms with Gasteiger partial charge in [0, 0.05) is 19.4 Å². The molecule has 0 bridgehead atoms. The number of aromatic nitrogens is 2. The van der Waals surface area contributed by atoms with Gasteiger partial charge < -0.3 is 9.88 Å². The van der Waals surface area contributed by atoms with E-state index in [1.165, 1.54) is 5.56 Å². The third kappa shape index (κ3) is 3.44. The number of H-pyrrole nitrogens is 1. The van der Waals surface area contributed by atoms with E-state index < -0.39 is 0 Å². The fourth-order valence-corrected chi connectivity index (χ4v) is 1.99. The van der Waals surface area contributed by atoms with Crippen molar-refractivity contribution in [3.63, 3.8) is 0 Å². The molecule has 0 aliphatic rings. The number of aryl methyl sites for hydroxylation is 2. The molecule has 0 saturated heterocycles. The van der Waals surface area contributed by atoms with Crippen LogP contribution in [0.5, 0.6) is 0 Å². The van der Waals surface area contributed by atoms with Crippen molar-refractivity contribution in [2.24, 2.45) is 0 Å². The Morgan fingerprint density at radius 2 is 2.16 bits per heavy atom. The van der Waals surface area contributed by atoms with Gasteiger partial charge in [-0.1, -0.05) is 23.8 Å². The number of imidazole rings is 1. The van der Waals surface area contributed by atoms with Crippen LogP contribution in [0.15, 0.2) is 30.6 Å². The van der Waals surface area contributed by atoms with Crippen molar-refractivity contribution in [3.8, 4) is 0 Å². The van der Waals surface area contributed by atoms with Gasteiger partial charge in [-0.2, -0.15) is 0 Å². The molecule has 0 radical (unpaired) electrons. The van der Waals surface area contributed by atoms with Crippen LogP contribution < -0.4 is 0 Å². The first-order valence-corrected chi connectivity index (χ1v) is 6.34. The minimum atomic E-state index is 0.102. The fourth-order valence-electron chi connectivity index (χ4n) is 1.99. The summed E-state index contributed by atoms with van der Waals surface area (Å²) in [5.74, 6) is 0.905. The number of benzene rings is 1. The lowest BCUT2D eigenvalue weighted by Gasteiger charge is -2.16. The summed E-state index contributed by atoms with van der Waals surface area (Å²) in [4.78, 5) is 21.0. The van der Waals surface area contributed by atoms with Gasteiger partial charge >= 0.3 is 0 Å². The second-order valence-corrected chi connectivity index (χ2v) is 4.89. The predicted molar refractivity (Wildman–Crippen MR) is 74.7 cm³/mol. The largest absolute Gasteiger partial charge is 0.347 e. The van der Waals surface area contributed by atoms with Gasteiger partial charge in [-0.25, -0.2) is 4.98 Å². The summed E-state index contributed by atoms with van der Waals surface area (Å²) in [6, 6.07) is 6.20. The number of carbonyl (C=O) groups excluding carboxylic acids is 1. The van der Waals surface area contributed by atoms with Crippen LogP contribution in [0, 0.1) is 13.8 Å². The zero-order valence-electron chi connectivity index (χ0n) is 11.6. The van der Waals surface area contributed by atoms with Gasteiger partial charge in [-0.05, 0) is 25.0 Å². The maximum absolute atomic E-state index is 12.2. The number of carbonyl (C=O) groups is 1. The van der Waals surface area contributed by atoms with E-state index in [1.54, 1.807) is 24.3 Å². The molecule has 0 saturated carbocycles. The second-order valence-electron chi connectivity index (χ2n) is 4.89. The van der Waals surface area contributed by atoms with Crippen LogP contribution in [0.1, 0.15) is 22.5 Å². The van der Waals surface area contributed by atoms with Gasteiger partial charge in [0.25, 0.3) is 0 Å². The molecule has 100 valence electrons. The average Bonchev–Trinajstić information content (AvgIpc) is 2.86. The standard InChI is InChI=1S/C15H19N3O/c1-11-4-5-12(2)13(8-11)9-15(19)18(3)10-14-16-6-7-17-14/h4-8H,9-10H2,1-3H3,(H,16,17). The molecule has 1 N–H and O–H groups in total. The molecule has 4 nitrogen and oxygen atoms in total. The Balaban J connectivity index is 2.02. The SMILES string of the molecule is Cc1ccc(C)c(CC(=O)N(C)Cc2ncc[nH]2)c1. The highest BCUT2D eigenvalue weighted by Gasteiger charge is 2.12. The Hall–Kier alpha value is -2.10. The molecule has 0 unspecified atom stereocenters. The van der Waals surface area contributed by atoms with Crippen LogP contribution in [-0.2, 0) is 17.8 Å². The lowest BCUT2D eigenvalue weighted by atomic mass is 10.0. The smallest absolute Gasteiger partial charge is 0.227 e. The van der Waals surface area contributed by atoms with Crippen molar-refractivity contribution in [1.82, 2.24) is 14.9 Å². The topological polar surface area (TPSA) is 49.0 Å². The third-order valence-corrected chi connectivity index (χ3v) is 3.21. The Bertz CT molecular complexity index is 561. The van der Waals surface area contributed by atoms with E-state index in [-0.39, 0.29) is 5.91 Å². The molecule has 19 heavy (non-hydrogen) atoms. The Morgan fingerprint density at radius 3 is 2.84 bits per heavy atom. The van der Waals surface area contributed by atoms with Gasteiger partial charge in [0.15, 0.2) is 0 Å². The molecule has 0 aliphatic heterocycles. The summed E-state index contributed by atoms with van der Waals surface area (Å²) < 4.78 is 0. The van der Waals surface area contributed by atoms with Crippen LogP contribution in [0.4, 0.5) is 0 Å². The van der Waals surface area contributed by atoms with E-state index in [1.807, 2.05) is 13.8 Å². The molecule has 0 fully saturated rings. The number of hydrogen-bond donors (Lipinski definition) is 1. The van der Waals surface area contributed by atoms with Crippen LogP contribution in [-0.4, -0.2) is 27.8 Å². The van der Waals surface area contributed by atoms with Crippen molar-refractivity contribution in [1.29, 1.82) is 0 Å². The molecule has 0 aliphatic carbocycles. The van der Waals surface area contributed by atoms with Crippen molar-refractivity contribution in [2.45, 2.75) is 26.8 Å². The lowest BCUT2D eigenvalue weighted by molar-refractivity contribution is -0.129. The lowest BCUT2D eigenvalue weighted by Crippen LogP contribution is -2.28. The number of likely N-dealkylation sites (N-methyl/N-ethyl adjacent to an activating group) is 1. The van der Waals surface area contributed by atoms with Crippen LogP contribution in [0.3, 0.4) is 0 Å². The van der Waals surface area contributed by atoms with Gasteiger partial charge in [0.1, 0.15) is 5.82 Å². The van der Waals surface area contributed by atoms with Gasteiger partial charge in [-0.3, -0.25) is 4.79 Å². The fraction of sp³-hybridized carbons (Fsp3) is 0.333. The zero-order chi connectivity index (χ0) is 13.8. The maximum atomic E-state index is 12.2. The Kier molecular flexibility index (Phi) is 4.00. The zero-order valence-corrected chi connectivity index (χ0v) is 11.6. The number of nitrogens with one attached hydrogen (secondary N) is 1. The van der Waals surface area contributed by atoms with E-state index in [4.69, 9.17) is 0 Å². The minimum absolute atomic E-state index is 0.102. The summed E-state index contributed by atoms with van der Waals surface area (Å²) in [5.41, 5.74) is 3.43. The second kappa shape index (κ2) is 5.69. The molecule has 0 atom stereocenters. The van der Waals surface area contributed by atoms with Crippen molar-refractivity contribution in [2.75, 3.05) is 7.05 Å². The van der Waals surface area contributed by atoms with Crippen LogP contribution in [0.25, 0.3) is 0 Å². The first-order valence-electron chi connectivity index (χ1n) is 6.34. The first-order chi connectivity index (χ1) is 9.06. The summed E-state index contributed by atoms with van der Waals surface area (Å²) in [7, 11) is 1.80. The highest BCUT2D eigenvalue weighted by atomic mass is 16.2. The van der Waals surface area contributed by atoms with E-state index in [0.717, 1.165) is 17.0 Å². The van der Waals surface area contributed by atoms with Crippen molar-refractivity contribution in [3.05, 3.63) is 53.1 Å². The molecule has 1 heterocycles. The molecule has 1 aromatic heterocycles. The molecule has 2 rings (SSSR count). The number of rotatable bonds is 4. The normalized spacial score (nSPS) is 10.5. The van der Waals surface area contributed by atoms with Gasteiger partial charge in [0.05, 0.1) is 13.0 Å². The Morgan fingerprint density at radius 1 is 1.37 bits per heavy atom. The number of nitrogens with zero attached hydrogens (tertiary/aromatic N) is 2. The number of hydrogen-bond acceptors (Lipinski definition) is 2. The monoisotopic (exact) mass is 257 g/mol. The van der Waals surface area contributed by atoms with Gasteiger partial charge in [0.2, 0.25) is 5.91 Å². The highest BCUT2D eigenvalue weighted by molar-refractivity contribution is 5.78. The molecule has 1 aromatic carbocycles. The van der Waals surface area contributed by atoms with E-state index in [0.29, 0.717) is 13.0 Å². The van der Waals surface area contributed by atoms with E-state index in [9.17, 15) is 4.79 Å². The van der Waals surface area contributed by atoms with Crippen molar-refractivity contribution < 1.29 is 4.79 Å². The van der Waals surface area contributed by atoms with Gasteiger partial charge in [-0.15, -0.1) is 0 Å². The van der Waals surface area contributed by atoms with E-state index in [2.05, 4.69) is 28.2 Å². The maximum Gasteiger partial charge on any atom is 0.227 e. The average molecular weight is 257 g/mol. The van der Waals surface area contributed by atoms with Crippen molar-refractivity contribution >= 4 is 5.91 Å². The van der Waals surface area contributed by atoms with E-state index >= 15 is 0 Å². The highest BCUT2D eigenvalue weighted by Crippen LogP contribution is 2.12. The summed E-state index contributed by atoms with van der Waals surface area (Å²) in [6.07, 6.45) is 3.89. The van der Waals surface area contributed by atoms with Crippen LogP contribution >= 0.6 is 0 Å². The molecular weight excluding hydrogens is 238 g/mol. The first kappa shape index (κ1) is 13.3. The number of amides is 1. The molecule has 1 amide bonds. The minimum Gasteiger partial charge on any atom is -0.347 e. The Labute approximate surface area is 113 Å². The summed E-state index contributed by atoms with van der Waals surface area (Å²) in [5, 5.41) is 0. The quantitative estimate of drug-likeness (QED) is 0.913. The molecule has 4 heteroatoms.